The van der Waals surface area contributed by atoms with Crippen molar-refractivity contribution in [3.05, 3.63) is 0 Å². The number of aliphatic hydroxyl groups is 1. The molecule has 0 radical (unpaired) electrons. The van der Waals surface area contributed by atoms with Crippen LogP contribution in [0.25, 0.3) is 0 Å². The molecule has 2 unspecified atom stereocenters. The average molecular weight is 232 g/mol. The molecule has 2 nitrogen and oxygen atoms in total. The molecule has 0 aliphatic carbocycles. The molecule has 0 spiro atoms. The molecular weight excluding hydrogens is 200 g/mol. The van der Waals surface area contributed by atoms with Gasteiger partial charge in [0.25, 0.3) is 0 Å². The molecule has 100 valence electrons. The van der Waals surface area contributed by atoms with Gasteiger partial charge in [-0.15, -0.1) is 0 Å². The van der Waals surface area contributed by atoms with Gasteiger partial charge in [-0.2, -0.15) is 0 Å². The molecule has 0 amide bonds. The number of rotatable bonds is 9. The molecule has 2 heteroatoms. The van der Waals surface area contributed by atoms with Gasteiger partial charge in [0.15, 0.2) is 0 Å². The summed E-state index contributed by atoms with van der Waals surface area (Å²) >= 11 is 0. The van der Waals surface area contributed by atoms with Crippen LogP contribution in [0, 0.1) is 11.8 Å². The predicted octanol–water partition coefficient (Wildman–Crippen LogP) is 3.87. The Balaban J connectivity index is 0. The van der Waals surface area contributed by atoms with E-state index in [-0.39, 0.29) is 12.5 Å². The van der Waals surface area contributed by atoms with Gasteiger partial charge in [0.05, 0.1) is 6.61 Å². The molecule has 2 atom stereocenters. The van der Waals surface area contributed by atoms with E-state index in [1.54, 1.807) is 0 Å². The van der Waals surface area contributed by atoms with Gasteiger partial charge in [0.2, 0.25) is 0 Å². The molecule has 0 aromatic rings. The summed E-state index contributed by atoms with van der Waals surface area (Å²) in [5, 5.41) is 8.82. The largest absolute Gasteiger partial charge is 0.396 e. The van der Waals surface area contributed by atoms with E-state index in [2.05, 4.69) is 13.8 Å². The van der Waals surface area contributed by atoms with Crippen molar-refractivity contribution in [1.29, 1.82) is 0 Å². The summed E-state index contributed by atoms with van der Waals surface area (Å²) in [7, 11) is 0. The van der Waals surface area contributed by atoms with Gasteiger partial charge >= 0.3 is 0 Å². The van der Waals surface area contributed by atoms with Crippen LogP contribution < -0.4 is 0 Å². The van der Waals surface area contributed by atoms with Crippen molar-refractivity contribution < 1.29 is 9.84 Å². The van der Waals surface area contributed by atoms with Gasteiger partial charge in [-0.25, -0.2) is 0 Å². The summed E-state index contributed by atoms with van der Waals surface area (Å²) < 4.78 is 5.58. The summed E-state index contributed by atoms with van der Waals surface area (Å²) in [6.45, 7) is 12.2. The van der Waals surface area contributed by atoms with Crippen LogP contribution in [0.15, 0.2) is 0 Å². The lowest BCUT2D eigenvalue weighted by atomic mass is 10.0. The number of unbranched alkanes of at least 4 members (excludes halogenated alkanes) is 1. The lowest BCUT2D eigenvalue weighted by molar-refractivity contribution is 0.0540. The Bertz CT molecular complexity index is 115. The quantitative estimate of drug-likeness (QED) is 0.654. The van der Waals surface area contributed by atoms with Gasteiger partial charge in [-0.1, -0.05) is 53.9 Å². The summed E-state index contributed by atoms with van der Waals surface area (Å²) in [6.07, 6.45) is 5.05. The highest BCUT2D eigenvalue weighted by Crippen LogP contribution is 2.13. The smallest absolute Gasteiger partial charge is 0.0513 e. The van der Waals surface area contributed by atoms with Gasteiger partial charge in [0.1, 0.15) is 0 Å². The Morgan fingerprint density at radius 3 is 2.19 bits per heavy atom. The van der Waals surface area contributed by atoms with Crippen LogP contribution in [0.4, 0.5) is 0 Å². The molecule has 0 aromatic carbocycles. The zero-order valence-corrected chi connectivity index (χ0v) is 12.0. The van der Waals surface area contributed by atoms with Crippen LogP contribution in [-0.2, 0) is 4.74 Å². The highest BCUT2D eigenvalue weighted by molar-refractivity contribution is 4.56. The first kappa shape index (κ1) is 18.3. The first-order valence-corrected chi connectivity index (χ1v) is 6.93. The number of aliphatic hydroxyl groups excluding tert-OH is 1. The maximum Gasteiger partial charge on any atom is 0.0513 e. The Kier molecular flexibility index (Phi) is 17.1. The van der Waals surface area contributed by atoms with Crippen molar-refractivity contribution in [3.63, 3.8) is 0 Å². The van der Waals surface area contributed by atoms with E-state index in [0.717, 1.165) is 6.61 Å². The van der Waals surface area contributed by atoms with Crippen LogP contribution >= 0.6 is 0 Å². The van der Waals surface area contributed by atoms with E-state index < -0.39 is 0 Å². The normalized spacial score (nSPS) is 13.9. The van der Waals surface area contributed by atoms with E-state index >= 15 is 0 Å². The minimum absolute atomic E-state index is 0.228. The highest BCUT2D eigenvalue weighted by Gasteiger charge is 2.07. The van der Waals surface area contributed by atoms with Crippen LogP contribution in [0.5, 0.6) is 0 Å². The molecule has 1 N–H and O–H groups in total. The first-order valence-electron chi connectivity index (χ1n) is 6.93. The highest BCUT2D eigenvalue weighted by atomic mass is 16.5. The van der Waals surface area contributed by atoms with Crippen molar-refractivity contribution >= 4 is 0 Å². The van der Waals surface area contributed by atoms with Gasteiger partial charge in [-0.3, -0.25) is 0 Å². The van der Waals surface area contributed by atoms with Crippen LogP contribution in [0.3, 0.4) is 0 Å². The Morgan fingerprint density at radius 1 is 1.12 bits per heavy atom. The second-order valence-electron chi connectivity index (χ2n) is 4.24. The van der Waals surface area contributed by atoms with Crippen molar-refractivity contribution in [2.24, 2.45) is 11.8 Å². The Hall–Kier alpha value is -0.0800. The maximum absolute atomic E-state index is 8.82. The van der Waals surface area contributed by atoms with E-state index in [1.807, 2.05) is 20.8 Å². The van der Waals surface area contributed by atoms with Crippen molar-refractivity contribution in [2.45, 2.75) is 60.3 Å². The average Bonchev–Trinajstić information content (AvgIpc) is 2.35. The molecule has 0 fully saturated rings. The fourth-order valence-corrected chi connectivity index (χ4v) is 1.39. The molecule has 0 heterocycles. The second kappa shape index (κ2) is 14.9. The summed E-state index contributed by atoms with van der Waals surface area (Å²) in [4.78, 5) is 0. The Morgan fingerprint density at radius 2 is 1.75 bits per heavy atom. The molecule has 0 aliphatic rings. The number of hydrogen-bond donors (Lipinski definition) is 1. The zero-order chi connectivity index (χ0) is 12.8. The molecule has 0 saturated heterocycles. The van der Waals surface area contributed by atoms with E-state index in [1.165, 1.54) is 25.7 Å². The molecule has 0 saturated carbocycles. The van der Waals surface area contributed by atoms with E-state index in [9.17, 15) is 0 Å². The molecule has 0 bridgehead atoms. The summed E-state index contributed by atoms with van der Waals surface area (Å²) in [5.74, 6) is 0.986. The third kappa shape index (κ3) is 12.0. The fraction of sp³-hybridized carbons (Fsp3) is 1.00. The van der Waals surface area contributed by atoms with Crippen molar-refractivity contribution in [1.82, 2.24) is 0 Å². The molecular formula is C14H32O2. The van der Waals surface area contributed by atoms with Crippen LogP contribution in [0.1, 0.15) is 60.3 Å². The monoisotopic (exact) mass is 232 g/mol. The van der Waals surface area contributed by atoms with Gasteiger partial charge in [0, 0.05) is 19.1 Å². The molecule has 16 heavy (non-hydrogen) atoms. The number of hydrogen-bond acceptors (Lipinski definition) is 2. The van der Waals surface area contributed by atoms with Crippen LogP contribution in [0.2, 0.25) is 0 Å². The lowest BCUT2D eigenvalue weighted by Gasteiger charge is -2.16. The predicted molar refractivity (Wildman–Crippen MR) is 71.7 cm³/mol. The number of ether oxygens (including phenoxy) is 1. The molecule has 0 aromatic heterocycles. The molecule has 0 aliphatic heterocycles. The van der Waals surface area contributed by atoms with Gasteiger partial charge in [-0.05, 0) is 12.3 Å². The SMILES string of the molecule is CC.CCCCC(CC)COCC(C)CO. The fourth-order valence-electron chi connectivity index (χ4n) is 1.39. The first-order chi connectivity index (χ1) is 7.74. The third-order valence-corrected chi connectivity index (χ3v) is 2.61. The topological polar surface area (TPSA) is 29.5 Å². The Labute approximate surface area is 102 Å². The van der Waals surface area contributed by atoms with E-state index in [4.69, 9.17) is 9.84 Å². The van der Waals surface area contributed by atoms with Crippen LogP contribution in [-0.4, -0.2) is 24.9 Å². The second-order valence-corrected chi connectivity index (χ2v) is 4.24. The minimum Gasteiger partial charge on any atom is -0.396 e. The zero-order valence-electron chi connectivity index (χ0n) is 12.0. The lowest BCUT2D eigenvalue weighted by Crippen LogP contribution is -2.15. The molecule has 0 rings (SSSR count). The van der Waals surface area contributed by atoms with E-state index in [0.29, 0.717) is 12.5 Å². The standard InChI is InChI=1S/C12H26O2.C2H6/c1-4-6-7-12(5-2)10-14-9-11(3)8-13;1-2/h11-13H,4-10H2,1-3H3;1-2H3. The van der Waals surface area contributed by atoms with Crippen molar-refractivity contribution in [3.8, 4) is 0 Å². The minimum atomic E-state index is 0.228. The summed E-state index contributed by atoms with van der Waals surface area (Å²) in [6, 6.07) is 0. The third-order valence-electron chi connectivity index (χ3n) is 2.61. The summed E-state index contributed by atoms with van der Waals surface area (Å²) in [5.41, 5.74) is 0. The van der Waals surface area contributed by atoms with Crippen molar-refractivity contribution in [2.75, 3.05) is 19.8 Å². The maximum atomic E-state index is 8.82. The van der Waals surface area contributed by atoms with Gasteiger partial charge < -0.3 is 9.84 Å².